The normalized spacial score (nSPS) is 22.6. The van der Waals surface area contributed by atoms with Gasteiger partial charge in [-0.1, -0.05) is 6.07 Å². The summed E-state index contributed by atoms with van der Waals surface area (Å²) in [5.41, 5.74) is -0.665. The van der Waals surface area contributed by atoms with Gasteiger partial charge in [-0.05, 0) is 85.7 Å². The first-order chi connectivity index (χ1) is 22.7. The van der Waals surface area contributed by atoms with Crippen LogP contribution >= 0.6 is 0 Å². The Hall–Kier alpha value is -4.49. The molecule has 2 atom stereocenters. The minimum absolute atomic E-state index is 0.0426. The summed E-state index contributed by atoms with van der Waals surface area (Å²) in [6, 6.07) is 9.69. The fourth-order valence-electron chi connectivity index (χ4n) is 6.48. The van der Waals surface area contributed by atoms with Crippen LogP contribution in [0.2, 0.25) is 0 Å². The summed E-state index contributed by atoms with van der Waals surface area (Å²) >= 11 is 0. The number of amides is 1. The summed E-state index contributed by atoms with van der Waals surface area (Å²) in [6.07, 6.45) is -10.2. The lowest BCUT2D eigenvalue weighted by atomic mass is 9.71. The molecule has 2 aliphatic heterocycles. The predicted molar refractivity (Wildman–Crippen MR) is 161 cm³/mol. The third kappa shape index (κ3) is 6.36. The standard InChI is InChI=1S/C34H33F6N3O5/c1-18-30(21-13-23(33(35,36)37)16-24(14-21)34(38,39)40)48-32(45)43(18)17-27-25(6-8-29(41-27)42-9-4-10-42)26-15-19(5-7-28(26)46-2)20-11-22(12-20)31(44)47-3/h5-8,13-16,18,20,22,30H,4,9-12,17H2,1-3H3/t18-,20-,22-,30-/m0/s1. The summed E-state index contributed by atoms with van der Waals surface area (Å²) in [6.45, 7) is 2.95. The molecule has 0 unspecified atom stereocenters. The number of carbonyl (C=O) groups is 2. The molecule has 48 heavy (non-hydrogen) atoms. The number of hydrogen-bond donors (Lipinski definition) is 0. The van der Waals surface area contributed by atoms with Crippen molar-refractivity contribution in [1.29, 1.82) is 0 Å². The van der Waals surface area contributed by atoms with Crippen LogP contribution < -0.4 is 9.64 Å². The van der Waals surface area contributed by atoms with Crippen molar-refractivity contribution in [2.45, 2.75) is 63.1 Å². The first-order valence-corrected chi connectivity index (χ1v) is 15.5. The second-order valence-electron chi connectivity index (χ2n) is 12.4. The molecule has 3 aromatic rings. The van der Waals surface area contributed by atoms with Crippen LogP contribution in [-0.4, -0.2) is 55.3 Å². The highest BCUT2D eigenvalue weighted by atomic mass is 19.4. The third-order valence-electron chi connectivity index (χ3n) is 9.45. The van der Waals surface area contributed by atoms with Gasteiger partial charge in [0.05, 0.1) is 49.5 Å². The monoisotopic (exact) mass is 677 g/mol. The summed E-state index contributed by atoms with van der Waals surface area (Å²) in [4.78, 5) is 33.4. The maximum absolute atomic E-state index is 13.6. The highest BCUT2D eigenvalue weighted by Crippen LogP contribution is 2.46. The maximum Gasteiger partial charge on any atom is 0.416 e. The number of aromatic nitrogens is 1. The minimum Gasteiger partial charge on any atom is -0.496 e. The van der Waals surface area contributed by atoms with Gasteiger partial charge in [-0.25, -0.2) is 9.78 Å². The van der Waals surface area contributed by atoms with Crippen molar-refractivity contribution in [1.82, 2.24) is 9.88 Å². The van der Waals surface area contributed by atoms with Gasteiger partial charge in [-0.15, -0.1) is 0 Å². The number of alkyl halides is 6. The molecule has 1 amide bonds. The van der Waals surface area contributed by atoms with Crippen molar-refractivity contribution in [3.05, 3.63) is 76.5 Å². The van der Waals surface area contributed by atoms with Crippen molar-refractivity contribution in [2.75, 3.05) is 32.2 Å². The molecule has 256 valence electrons. The van der Waals surface area contributed by atoms with E-state index in [0.717, 1.165) is 25.1 Å². The Morgan fingerprint density at radius 3 is 2.15 bits per heavy atom. The van der Waals surface area contributed by atoms with Crippen LogP contribution in [-0.2, 0) is 33.2 Å². The van der Waals surface area contributed by atoms with Crippen LogP contribution in [0, 0.1) is 5.92 Å². The molecule has 0 spiro atoms. The van der Waals surface area contributed by atoms with E-state index in [1.165, 1.54) is 26.0 Å². The second kappa shape index (κ2) is 12.5. The Kier molecular flexibility index (Phi) is 8.71. The average Bonchev–Trinajstić information content (AvgIpc) is 3.27. The molecule has 6 rings (SSSR count). The lowest BCUT2D eigenvalue weighted by Gasteiger charge is -2.34. The molecule has 1 aromatic heterocycles. The van der Waals surface area contributed by atoms with E-state index in [-0.39, 0.29) is 30.4 Å². The first-order valence-electron chi connectivity index (χ1n) is 15.5. The number of nitrogens with zero attached hydrogens (tertiary/aromatic N) is 3. The highest BCUT2D eigenvalue weighted by molar-refractivity contribution is 5.77. The SMILES string of the molecule is COc1ccc([C@H]2C[C@H](C(=O)OC)C2)cc1-c1ccc(N2CCC2)nc1CN1C(=O)O[C@H](c2cc(C(F)(F)F)cc(C(F)(F)F)c2)[C@@H]1C. The molecule has 1 aliphatic carbocycles. The second-order valence-corrected chi connectivity index (χ2v) is 12.4. The average molecular weight is 678 g/mol. The number of ether oxygens (including phenoxy) is 3. The quantitative estimate of drug-likeness (QED) is 0.178. The molecule has 2 saturated heterocycles. The molecule has 3 heterocycles. The van der Waals surface area contributed by atoms with E-state index in [9.17, 15) is 35.9 Å². The molecule has 0 N–H and O–H groups in total. The van der Waals surface area contributed by atoms with Crippen LogP contribution in [0.1, 0.15) is 66.2 Å². The molecule has 3 fully saturated rings. The van der Waals surface area contributed by atoms with E-state index < -0.39 is 47.3 Å². The number of benzene rings is 2. The Balaban J connectivity index is 1.35. The van der Waals surface area contributed by atoms with Crippen LogP contribution in [0.3, 0.4) is 0 Å². The zero-order valence-electron chi connectivity index (χ0n) is 26.3. The maximum atomic E-state index is 13.6. The molecule has 2 aromatic carbocycles. The molecule has 8 nitrogen and oxygen atoms in total. The number of pyridine rings is 1. The lowest BCUT2D eigenvalue weighted by Crippen LogP contribution is -2.38. The highest BCUT2D eigenvalue weighted by Gasteiger charge is 2.44. The number of methoxy groups -OCH3 is 2. The van der Waals surface area contributed by atoms with Crippen LogP contribution in [0.5, 0.6) is 5.75 Å². The zero-order chi connectivity index (χ0) is 34.5. The van der Waals surface area contributed by atoms with E-state index in [1.807, 2.05) is 30.3 Å². The Bertz CT molecular complexity index is 1690. The summed E-state index contributed by atoms with van der Waals surface area (Å²) in [5, 5.41) is 0. The van der Waals surface area contributed by atoms with Gasteiger partial charge >= 0.3 is 24.4 Å². The number of hydrogen-bond acceptors (Lipinski definition) is 7. The fourth-order valence-corrected chi connectivity index (χ4v) is 6.48. The van der Waals surface area contributed by atoms with Crippen LogP contribution in [0.25, 0.3) is 11.1 Å². The van der Waals surface area contributed by atoms with Crippen molar-refractivity contribution < 1.29 is 50.1 Å². The summed E-state index contributed by atoms with van der Waals surface area (Å²) < 4.78 is 97.7. The molecule has 3 aliphatic rings. The number of cyclic esters (lactones) is 1. The van der Waals surface area contributed by atoms with Crippen molar-refractivity contribution in [2.24, 2.45) is 5.92 Å². The zero-order valence-corrected chi connectivity index (χ0v) is 26.3. The van der Waals surface area contributed by atoms with Gasteiger partial charge < -0.3 is 19.1 Å². The molecule has 0 bridgehead atoms. The van der Waals surface area contributed by atoms with Gasteiger partial charge in [0.15, 0.2) is 0 Å². The topological polar surface area (TPSA) is 81.2 Å². The molecule has 14 heteroatoms. The van der Waals surface area contributed by atoms with Gasteiger partial charge in [0.25, 0.3) is 0 Å². The van der Waals surface area contributed by atoms with Gasteiger partial charge in [0.1, 0.15) is 17.7 Å². The smallest absolute Gasteiger partial charge is 0.416 e. The number of anilines is 1. The Morgan fingerprint density at radius 2 is 1.58 bits per heavy atom. The predicted octanol–water partition coefficient (Wildman–Crippen LogP) is 7.75. The molecular weight excluding hydrogens is 644 g/mol. The Morgan fingerprint density at radius 1 is 0.917 bits per heavy atom. The van der Waals surface area contributed by atoms with E-state index in [2.05, 4.69) is 4.90 Å². The third-order valence-corrected chi connectivity index (χ3v) is 9.45. The summed E-state index contributed by atoms with van der Waals surface area (Å²) in [7, 11) is 2.88. The van der Waals surface area contributed by atoms with Crippen molar-refractivity contribution in [3.63, 3.8) is 0 Å². The summed E-state index contributed by atoms with van der Waals surface area (Å²) in [5.74, 6) is 0.871. The van der Waals surface area contributed by atoms with Crippen molar-refractivity contribution >= 4 is 17.9 Å². The van der Waals surface area contributed by atoms with Gasteiger partial charge in [-0.2, -0.15) is 26.3 Å². The molecular formula is C34H33F6N3O5. The molecule has 1 saturated carbocycles. The first kappa shape index (κ1) is 33.4. The van der Waals surface area contributed by atoms with Crippen LogP contribution in [0.4, 0.5) is 37.0 Å². The van der Waals surface area contributed by atoms with E-state index in [0.29, 0.717) is 53.4 Å². The van der Waals surface area contributed by atoms with E-state index >= 15 is 0 Å². The minimum atomic E-state index is -5.05. The van der Waals surface area contributed by atoms with E-state index in [1.54, 1.807) is 0 Å². The number of carbonyl (C=O) groups excluding carboxylic acids is 2. The lowest BCUT2D eigenvalue weighted by molar-refractivity contribution is -0.149. The number of rotatable bonds is 8. The van der Waals surface area contributed by atoms with Crippen LogP contribution in [0.15, 0.2) is 48.5 Å². The van der Waals surface area contributed by atoms with Gasteiger partial charge in [0, 0.05) is 24.2 Å². The largest absolute Gasteiger partial charge is 0.496 e. The Labute approximate surface area is 272 Å². The molecule has 0 radical (unpaired) electrons. The number of esters is 1. The van der Waals surface area contributed by atoms with Gasteiger partial charge in [0.2, 0.25) is 0 Å². The fraction of sp³-hybridized carbons (Fsp3) is 0.441. The van der Waals surface area contributed by atoms with E-state index in [4.69, 9.17) is 19.2 Å². The van der Waals surface area contributed by atoms with Gasteiger partial charge in [-0.3, -0.25) is 9.69 Å². The number of halogens is 6. The van der Waals surface area contributed by atoms with Crippen molar-refractivity contribution in [3.8, 4) is 16.9 Å².